The molecule has 0 atom stereocenters. The fourth-order valence-corrected chi connectivity index (χ4v) is 3.93. The van der Waals surface area contributed by atoms with Gasteiger partial charge in [-0.2, -0.15) is 4.99 Å². The predicted molar refractivity (Wildman–Crippen MR) is 108 cm³/mol. The number of rotatable bonds is 4. The molecule has 0 N–H and O–H groups in total. The number of hydrogen-bond acceptors (Lipinski definition) is 8. The molecule has 29 heavy (non-hydrogen) atoms. The van der Waals surface area contributed by atoms with Gasteiger partial charge < -0.3 is 18.8 Å². The highest BCUT2D eigenvalue weighted by Gasteiger charge is 2.27. The van der Waals surface area contributed by atoms with Crippen molar-refractivity contribution in [1.82, 2.24) is 4.90 Å². The lowest BCUT2D eigenvalue weighted by Gasteiger charge is -2.27. The first-order valence-electron chi connectivity index (χ1n) is 8.83. The molecule has 0 radical (unpaired) electrons. The molecule has 1 saturated heterocycles. The van der Waals surface area contributed by atoms with Crippen molar-refractivity contribution in [2.75, 3.05) is 33.4 Å². The van der Waals surface area contributed by atoms with Gasteiger partial charge in [-0.25, -0.2) is 0 Å². The van der Waals surface area contributed by atoms with E-state index >= 15 is 0 Å². The van der Waals surface area contributed by atoms with Crippen molar-refractivity contribution in [1.29, 1.82) is 0 Å². The molecule has 1 aromatic carbocycles. The topological polar surface area (TPSA) is 107 Å². The quantitative estimate of drug-likeness (QED) is 0.426. The number of amides is 1. The maximum absolute atomic E-state index is 12.3. The zero-order chi connectivity index (χ0) is 20.4. The van der Waals surface area contributed by atoms with Crippen molar-refractivity contribution in [3.05, 3.63) is 51.1 Å². The van der Waals surface area contributed by atoms with E-state index in [0.29, 0.717) is 59.2 Å². The molecule has 2 aliphatic heterocycles. The van der Waals surface area contributed by atoms with Crippen LogP contribution in [0.3, 0.4) is 0 Å². The molecule has 150 valence electrons. The molecule has 10 heteroatoms. The fourth-order valence-electron chi connectivity index (χ4n) is 2.99. The SMILES string of the molecule is COc1cc([N+](=O)[O-])ccc1-c1ccc(C=C2SC(N3CCOCC3)=NC2=O)o1. The maximum Gasteiger partial charge on any atom is 0.286 e. The monoisotopic (exact) mass is 415 g/mol. The zero-order valence-electron chi connectivity index (χ0n) is 15.5. The van der Waals surface area contributed by atoms with Gasteiger partial charge in [0, 0.05) is 25.2 Å². The van der Waals surface area contributed by atoms with Gasteiger partial charge in [0.1, 0.15) is 17.3 Å². The molecule has 2 aliphatic rings. The van der Waals surface area contributed by atoms with E-state index in [0.717, 1.165) is 0 Å². The molecule has 2 aromatic rings. The van der Waals surface area contributed by atoms with Crippen LogP contribution < -0.4 is 4.74 Å². The zero-order valence-corrected chi connectivity index (χ0v) is 16.3. The summed E-state index contributed by atoms with van der Waals surface area (Å²) in [5.74, 6) is 0.988. The van der Waals surface area contributed by atoms with Crippen LogP contribution in [0, 0.1) is 10.1 Å². The second kappa shape index (κ2) is 8.10. The number of methoxy groups -OCH3 is 1. The van der Waals surface area contributed by atoms with Crippen LogP contribution in [-0.4, -0.2) is 54.3 Å². The number of aliphatic imine (C=N–C) groups is 1. The minimum absolute atomic E-state index is 0.0692. The number of furan rings is 1. The van der Waals surface area contributed by atoms with E-state index < -0.39 is 4.92 Å². The van der Waals surface area contributed by atoms with Crippen LogP contribution in [0.2, 0.25) is 0 Å². The Morgan fingerprint density at radius 2 is 2.07 bits per heavy atom. The largest absolute Gasteiger partial charge is 0.496 e. The van der Waals surface area contributed by atoms with E-state index in [1.807, 2.05) is 4.90 Å². The first-order chi connectivity index (χ1) is 14.0. The third-order valence-corrected chi connectivity index (χ3v) is 5.50. The van der Waals surface area contributed by atoms with Crippen LogP contribution in [0.5, 0.6) is 5.75 Å². The van der Waals surface area contributed by atoms with E-state index in [1.54, 1.807) is 24.3 Å². The lowest BCUT2D eigenvalue weighted by Crippen LogP contribution is -2.38. The lowest BCUT2D eigenvalue weighted by atomic mass is 10.1. The van der Waals surface area contributed by atoms with Gasteiger partial charge in [0.05, 0.1) is 41.8 Å². The molecule has 0 aliphatic carbocycles. The van der Waals surface area contributed by atoms with Gasteiger partial charge >= 0.3 is 0 Å². The Hall–Kier alpha value is -3.11. The molecule has 0 spiro atoms. The van der Waals surface area contributed by atoms with Gasteiger partial charge in [0.15, 0.2) is 5.17 Å². The summed E-state index contributed by atoms with van der Waals surface area (Å²) in [5.41, 5.74) is 0.513. The van der Waals surface area contributed by atoms with Crippen molar-refractivity contribution >= 4 is 34.6 Å². The summed E-state index contributed by atoms with van der Waals surface area (Å²) >= 11 is 1.31. The molecule has 1 amide bonds. The molecule has 0 saturated carbocycles. The van der Waals surface area contributed by atoms with Crippen LogP contribution >= 0.6 is 11.8 Å². The number of thioether (sulfide) groups is 1. The van der Waals surface area contributed by atoms with E-state index in [1.165, 1.54) is 31.0 Å². The fraction of sp³-hybridized carbons (Fsp3) is 0.263. The Labute approximate surface area is 170 Å². The molecule has 9 nitrogen and oxygen atoms in total. The summed E-state index contributed by atoms with van der Waals surface area (Å²) in [5, 5.41) is 11.6. The number of non-ortho nitro benzene ring substituents is 1. The van der Waals surface area contributed by atoms with Crippen molar-refractivity contribution in [2.24, 2.45) is 4.99 Å². The normalized spacial score (nSPS) is 18.2. The van der Waals surface area contributed by atoms with Gasteiger partial charge in [-0.1, -0.05) is 0 Å². The molecule has 0 unspecified atom stereocenters. The molecule has 0 bridgehead atoms. The molecule has 1 fully saturated rings. The average Bonchev–Trinajstić information content (AvgIpc) is 3.35. The van der Waals surface area contributed by atoms with E-state index in [4.69, 9.17) is 13.9 Å². The summed E-state index contributed by atoms with van der Waals surface area (Å²) in [6, 6.07) is 7.75. The van der Waals surface area contributed by atoms with Crippen molar-refractivity contribution in [3.8, 4) is 17.1 Å². The standard InChI is InChI=1S/C19H17N3O6S/c1-26-16-10-12(22(24)25)2-4-14(16)15-5-3-13(28-15)11-17-18(23)20-19(29-17)21-6-8-27-9-7-21/h2-5,10-11H,6-9H2,1H3. The minimum Gasteiger partial charge on any atom is -0.496 e. The lowest BCUT2D eigenvalue weighted by molar-refractivity contribution is -0.384. The van der Waals surface area contributed by atoms with Gasteiger partial charge in [-0.05, 0) is 30.0 Å². The number of carbonyl (C=O) groups excluding carboxylic acids is 1. The number of ether oxygens (including phenoxy) is 2. The number of benzene rings is 1. The highest BCUT2D eigenvalue weighted by atomic mass is 32.2. The van der Waals surface area contributed by atoms with Crippen LogP contribution in [0.1, 0.15) is 5.76 Å². The molecular weight excluding hydrogens is 398 g/mol. The van der Waals surface area contributed by atoms with Crippen LogP contribution in [-0.2, 0) is 9.53 Å². The van der Waals surface area contributed by atoms with Crippen LogP contribution in [0.25, 0.3) is 17.4 Å². The van der Waals surface area contributed by atoms with E-state index in [-0.39, 0.29) is 11.6 Å². The molecular formula is C19H17N3O6S. The average molecular weight is 415 g/mol. The maximum atomic E-state index is 12.3. The molecule has 4 rings (SSSR count). The highest BCUT2D eigenvalue weighted by molar-refractivity contribution is 8.18. The van der Waals surface area contributed by atoms with Gasteiger partial charge in [0.2, 0.25) is 0 Å². The first kappa shape index (κ1) is 19.2. The minimum atomic E-state index is -0.487. The number of nitro benzene ring substituents is 1. The van der Waals surface area contributed by atoms with Crippen molar-refractivity contribution < 1.29 is 23.6 Å². The molecule has 1 aromatic heterocycles. The third-order valence-electron chi connectivity index (χ3n) is 4.45. The van der Waals surface area contributed by atoms with E-state index in [2.05, 4.69) is 4.99 Å². The van der Waals surface area contributed by atoms with Gasteiger partial charge in [0.25, 0.3) is 11.6 Å². The summed E-state index contributed by atoms with van der Waals surface area (Å²) in [4.78, 5) is 29.3. The number of hydrogen-bond donors (Lipinski definition) is 0. The highest BCUT2D eigenvalue weighted by Crippen LogP contribution is 2.36. The van der Waals surface area contributed by atoms with E-state index in [9.17, 15) is 14.9 Å². The Kier molecular flexibility index (Phi) is 5.36. The second-order valence-electron chi connectivity index (χ2n) is 6.25. The smallest absolute Gasteiger partial charge is 0.286 e. The Morgan fingerprint density at radius 3 is 2.79 bits per heavy atom. The number of morpholine rings is 1. The Morgan fingerprint density at radius 1 is 1.28 bits per heavy atom. The van der Waals surface area contributed by atoms with Crippen molar-refractivity contribution in [3.63, 3.8) is 0 Å². The number of nitro groups is 1. The number of amidine groups is 1. The molecule has 3 heterocycles. The second-order valence-corrected chi connectivity index (χ2v) is 7.26. The number of carbonyl (C=O) groups is 1. The van der Waals surface area contributed by atoms with Gasteiger partial charge in [-0.15, -0.1) is 0 Å². The summed E-state index contributed by atoms with van der Waals surface area (Å²) in [6.07, 6.45) is 1.64. The Balaban J connectivity index is 1.54. The van der Waals surface area contributed by atoms with Crippen LogP contribution in [0.15, 0.2) is 44.6 Å². The Bertz CT molecular complexity index is 1020. The first-order valence-corrected chi connectivity index (χ1v) is 9.64. The van der Waals surface area contributed by atoms with Gasteiger partial charge in [-0.3, -0.25) is 14.9 Å². The summed E-state index contributed by atoms with van der Waals surface area (Å²) in [6.45, 7) is 2.64. The van der Waals surface area contributed by atoms with Crippen molar-refractivity contribution in [2.45, 2.75) is 0 Å². The summed E-state index contributed by atoms with van der Waals surface area (Å²) < 4.78 is 16.4. The number of nitrogens with zero attached hydrogens (tertiary/aromatic N) is 3. The predicted octanol–water partition coefficient (Wildman–Crippen LogP) is 3.17. The summed E-state index contributed by atoms with van der Waals surface area (Å²) in [7, 11) is 1.44. The third kappa shape index (κ3) is 4.03. The van der Waals surface area contributed by atoms with Crippen LogP contribution in [0.4, 0.5) is 5.69 Å².